The molecule has 166 valence electrons. The van der Waals surface area contributed by atoms with Crippen molar-refractivity contribution >= 4 is 44.4 Å². The fraction of sp³-hybridized carbons (Fsp3) is 0.545. The minimum atomic E-state index is -0.381. The van der Waals surface area contributed by atoms with Crippen LogP contribution in [0.15, 0.2) is 18.2 Å². The van der Waals surface area contributed by atoms with Gasteiger partial charge in [0.1, 0.15) is 0 Å². The Morgan fingerprint density at radius 1 is 1.16 bits per heavy atom. The van der Waals surface area contributed by atoms with Gasteiger partial charge >= 0.3 is 0 Å². The van der Waals surface area contributed by atoms with Crippen molar-refractivity contribution in [2.24, 2.45) is 5.92 Å². The lowest BCUT2D eigenvalue weighted by Gasteiger charge is -2.32. The third-order valence-corrected chi connectivity index (χ3v) is 6.90. The van der Waals surface area contributed by atoms with Crippen LogP contribution in [0.3, 0.4) is 0 Å². The van der Waals surface area contributed by atoms with Gasteiger partial charge in [0.15, 0.2) is 5.13 Å². The van der Waals surface area contributed by atoms with Crippen molar-refractivity contribution in [3.63, 3.8) is 0 Å². The Kier molecular flexibility index (Phi) is 5.74. The summed E-state index contributed by atoms with van der Waals surface area (Å²) in [7, 11) is 2.06. The maximum absolute atomic E-state index is 12.8. The molecule has 31 heavy (non-hydrogen) atoms. The molecule has 1 N–H and O–H groups in total. The second-order valence-electron chi connectivity index (χ2n) is 9.36. The lowest BCUT2D eigenvalue weighted by molar-refractivity contribution is -0.131. The number of hydrogen-bond donors (Lipinski definition) is 1. The van der Waals surface area contributed by atoms with Gasteiger partial charge in [-0.2, -0.15) is 0 Å². The molecule has 3 amide bonds. The zero-order chi connectivity index (χ0) is 22.3. The highest BCUT2D eigenvalue weighted by Gasteiger charge is 2.39. The molecule has 2 fully saturated rings. The van der Waals surface area contributed by atoms with Gasteiger partial charge in [0.05, 0.1) is 16.1 Å². The van der Waals surface area contributed by atoms with Crippen LogP contribution in [0.5, 0.6) is 0 Å². The molecule has 8 nitrogen and oxygen atoms in total. The molecule has 9 heteroatoms. The number of carbonyl (C=O) groups excluding carboxylic acids is 3. The number of benzene rings is 1. The van der Waals surface area contributed by atoms with E-state index in [0.717, 1.165) is 36.4 Å². The van der Waals surface area contributed by atoms with Crippen LogP contribution < -0.4 is 5.32 Å². The van der Waals surface area contributed by atoms with Crippen molar-refractivity contribution in [1.29, 1.82) is 0 Å². The molecule has 2 aromatic rings. The van der Waals surface area contributed by atoms with Gasteiger partial charge in [-0.1, -0.05) is 11.3 Å². The summed E-state index contributed by atoms with van der Waals surface area (Å²) < 4.78 is 0.856. The zero-order valence-corrected chi connectivity index (χ0v) is 19.3. The van der Waals surface area contributed by atoms with E-state index in [1.165, 1.54) is 11.3 Å². The van der Waals surface area contributed by atoms with Crippen molar-refractivity contribution in [2.75, 3.05) is 45.1 Å². The first-order chi connectivity index (χ1) is 14.6. The summed E-state index contributed by atoms with van der Waals surface area (Å²) in [5.41, 5.74) is 1.09. The number of hydrogen-bond acceptors (Lipinski definition) is 6. The van der Waals surface area contributed by atoms with E-state index in [4.69, 9.17) is 0 Å². The number of aromatic nitrogens is 1. The molecule has 3 heterocycles. The molecule has 2 aliphatic rings. The Morgan fingerprint density at radius 2 is 1.87 bits per heavy atom. The number of rotatable bonds is 3. The molecule has 1 aromatic heterocycles. The number of nitrogens with one attached hydrogen (secondary N) is 1. The van der Waals surface area contributed by atoms with Gasteiger partial charge in [-0.25, -0.2) is 4.98 Å². The first kappa shape index (κ1) is 21.7. The molecule has 2 saturated heterocycles. The third kappa shape index (κ3) is 4.57. The summed E-state index contributed by atoms with van der Waals surface area (Å²) >= 11 is 1.35. The molecule has 0 aliphatic carbocycles. The molecule has 2 aliphatic heterocycles. The van der Waals surface area contributed by atoms with E-state index >= 15 is 0 Å². The van der Waals surface area contributed by atoms with Crippen LogP contribution in [0.2, 0.25) is 0 Å². The predicted molar refractivity (Wildman–Crippen MR) is 121 cm³/mol. The van der Waals surface area contributed by atoms with Gasteiger partial charge in [-0.15, -0.1) is 0 Å². The average molecular weight is 444 g/mol. The molecule has 0 saturated carbocycles. The number of fused-ring (bicyclic) bond motifs is 1. The Balaban J connectivity index is 1.44. The minimum absolute atomic E-state index is 0.00371. The average Bonchev–Trinajstić information content (AvgIpc) is 3.30. The van der Waals surface area contributed by atoms with Crippen molar-refractivity contribution in [1.82, 2.24) is 19.7 Å². The van der Waals surface area contributed by atoms with E-state index in [-0.39, 0.29) is 35.6 Å². The monoisotopic (exact) mass is 443 g/mol. The molecule has 4 rings (SSSR count). The van der Waals surface area contributed by atoms with E-state index < -0.39 is 0 Å². The molecular weight excluding hydrogens is 414 g/mol. The molecule has 0 radical (unpaired) electrons. The lowest BCUT2D eigenvalue weighted by Crippen LogP contribution is -2.47. The first-order valence-corrected chi connectivity index (χ1v) is 11.4. The van der Waals surface area contributed by atoms with Crippen LogP contribution in [0.25, 0.3) is 10.2 Å². The topological polar surface area (TPSA) is 85.8 Å². The Hall–Kier alpha value is -2.52. The summed E-state index contributed by atoms with van der Waals surface area (Å²) in [6, 6.07) is 5.47. The Morgan fingerprint density at radius 3 is 2.52 bits per heavy atom. The van der Waals surface area contributed by atoms with Crippen LogP contribution in [-0.4, -0.2) is 82.7 Å². The van der Waals surface area contributed by atoms with Crippen molar-refractivity contribution in [3.05, 3.63) is 23.8 Å². The van der Waals surface area contributed by atoms with Crippen LogP contribution in [0, 0.1) is 5.92 Å². The van der Waals surface area contributed by atoms with Crippen LogP contribution in [-0.2, 0) is 9.59 Å². The second kappa shape index (κ2) is 8.20. The lowest BCUT2D eigenvalue weighted by atomic mass is 10.1. The summed E-state index contributed by atoms with van der Waals surface area (Å²) in [6.45, 7) is 9.54. The highest BCUT2D eigenvalue weighted by atomic mass is 32.1. The highest BCUT2D eigenvalue weighted by molar-refractivity contribution is 7.22. The fourth-order valence-corrected chi connectivity index (χ4v) is 4.95. The number of likely N-dealkylation sites (tertiary alicyclic amines) is 1. The number of likely N-dealkylation sites (N-methyl/N-ethyl adjacent to an activating group) is 1. The molecule has 0 spiro atoms. The quantitative estimate of drug-likeness (QED) is 0.787. The summed E-state index contributed by atoms with van der Waals surface area (Å²) in [4.78, 5) is 48.2. The summed E-state index contributed by atoms with van der Waals surface area (Å²) in [5.74, 6) is -0.536. The standard InChI is InChI=1S/C22H29N5O3S/c1-22(2,3)27-13-15(12-18(27)28)19(29)24-21-23-16-6-5-14(11-17(16)31-21)20(30)26-9-7-25(4)8-10-26/h5-6,11,15H,7-10,12-13H2,1-4H3,(H,23,24,29). The Labute approximate surface area is 186 Å². The van der Waals surface area contributed by atoms with Gasteiger partial charge in [-0.3, -0.25) is 14.4 Å². The molecule has 1 unspecified atom stereocenters. The van der Waals surface area contributed by atoms with Gasteiger partial charge in [-0.05, 0) is 46.0 Å². The second-order valence-corrected chi connectivity index (χ2v) is 10.4. The van der Waals surface area contributed by atoms with E-state index in [2.05, 4.69) is 22.2 Å². The molecular formula is C22H29N5O3S. The SMILES string of the molecule is CN1CCN(C(=O)c2ccc3nc(NC(=O)C4CC(=O)N(C(C)(C)C)C4)sc3c2)CC1. The highest BCUT2D eigenvalue weighted by Crippen LogP contribution is 2.30. The van der Waals surface area contributed by atoms with E-state index in [0.29, 0.717) is 17.2 Å². The molecule has 1 atom stereocenters. The van der Waals surface area contributed by atoms with E-state index in [1.807, 2.05) is 37.8 Å². The van der Waals surface area contributed by atoms with Crippen LogP contribution in [0.1, 0.15) is 37.6 Å². The predicted octanol–water partition coefficient (Wildman–Crippen LogP) is 2.27. The van der Waals surface area contributed by atoms with Gasteiger partial charge in [0.2, 0.25) is 11.8 Å². The summed E-state index contributed by atoms with van der Waals surface area (Å²) in [6.07, 6.45) is 0.220. The van der Waals surface area contributed by atoms with Crippen molar-refractivity contribution in [2.45, 2.75) is 32.7 Å². The van der Waals surface area contributed by atoms with Crippen molar-refractivity contribution < 1.29 is 14.4 Å². The van der Waals surface area contributed by atoms with E-state index in [9.17, 15) is 14.4 Å². The van der Waals surface area contributed by atoms with Crippen molar-refractivity contribution in [3.8, 4) is 0 Å². The maximum atomic E-state index is 12.8. The fourth-order valence-electron chi connectivity index (χ4n) is 4.04. The molecule has 0 bridgehead atoms. The number of carbonyl (C=O) groups is 3. The van der Waals surface area contributed by atoms with Gasteiger partial charge < -0.3 is 20.0 Å². The number of thiazole rings is 1. The normalized spacial score (nSPS) is 20.5. The number of amides is 3. The molecule has 1 aromatic carbocycles. The van der Waals surface area contributed by atoms with Crippen LogP contribution >= 0.6 is 11.3 Å². The number of piperazine rings is 1. The number of anilines is 1. The van der Waals surface area contributed by atoms with Gasteiger partial charge in [0.25, 0.3) is 5.91 Å². The van der Waals surface area contributed by atoms with E-state index in [1.54, 1.807) is 11.0 Å². The Bertz CT molecular complexity index is 1020. The summed E-state index contributed by atoms with van der Waals surface area (Å²) in [5, 5.41) is 3.36. The zero-order valence-electron chi connectivity index (χ0n) is 18.5. The first-order valence-electron chi connectivity index (χ1n) is 10.6. The van der Waals surface area contributed by atoms with Crippen LogP contribution in [0.4, 0.5) is 5.13 Å². The smallest absolute Gasteiger partial charge is 0.253 e. The third-order valence-electron chi connectivity index (χ3n) is 5.96. The van der Waals surface area contributed by atoms with Gasteiger partial charge in [0, 0.05) is 50.2 Å². The maximum Gasteiger partial charge on any atom is 0.253 e. The minimum Gasteiger partial charge on any atom is -0.337 e. The number of nitrogens with zero attached hydrogens (tertiary/aromatic N) is 4. The largest absolute Gasteiger partial charge is 0.337 e.